The molecule has 0 aliphatic carbocycles. The van der Waals surface area contributed by atoms with Gasteiger partial charge in [0.25, 0.3) is 5.91 Å². The smallest absolute Gasteiger partial charge is 0.251 e. The van der Waals surface area contributed by atoms with Gasteiger partial charge in [0, 0.05) is 36.3 Å². The van der Waals surface area contributed by atoms with Crippen LogP contribution >= 0.6 is 23.2 Å². The number of likely N-dealkylation sites (tertiary alicyclic amines) is 1. The molecular weight excluding hydrogens is 433 g/mol. The van der Waals surface area contributed by atoms with E-state index in [-0.39, 0.29) is 22.7 Å². The van der Waals surface area contributed by atoms with Crippen molar-refractivity contribution in [1.29, 1.82) is 0 Å². The Morgan fingerprint density at radius 2 is 1.76 bits per heavy atom. The first-order valence-electron chi connectivity index (χ1n) is 9.24. The van der Waals surface area contributed by atoms with Gasteiger partial charge in [-0.2, -0.15) is 0 Å². The summed E-state index contributed by atoms with van der Waals surface area (Å²) in [5.41, 5.74) is 1.77. The molecule has 1 aliphatic heterocycles. The first kappa shape index (κ1) is 21.9. The lowest BCUT2D eigenvalue weighted by Gasteiger charge is -2.32. The van der Waals surface area contributed by atoms with E-state index in [1.54, 1.807) is 6.07 Å². The number of rotatable bonds is 6. The van der Waals surface area contributed by atoms with Crippen molar-refractivity contribution in [2.75, 3.05) is 24.1 Å². The number of hydrogen-bond acceptors (Lipinski definition) is 4. The fraction of sp³-hybridized carbons (Fsp3) is 0.350. The van der Waals surface area contributed by atoms with Crippen LogP contribution in [0.2, 0.25) is 10.0 Å². The highest BCUT2D eigenvalue weighted by atomic mass is 35.5. The zero-order chi connectivity index (χ0) is 21.0. The fourth-order valence-corrected chi connectivity index (χ4v) is 4.21. The number of benzene rings is 2. The molecule has 0 spiro atoms. The first-order chi connectivity index (χ1) is 13.7. The van der Waals surface area contributed by atoms with Crippen molar-refractivity contribution in [2.24, 2.45) is 0 Å². The monoisotopic (exact) mass is 455 g/mol. The standard InChI is InChI=1S/C20H23Cl2N3O3S/c1-29(27,28)24-19-12-15(4-7-18(19)22)20(26)23-17-8-10-25(11-9-17)13-14-2-5-16(21)6-3-14/h2-7,12,17,24H,8-11,13H2,1H3,(H,23,26). The summed E-state index contributed by atoms with van der Waals surface area (Å²) in [6.07, 6.45) is 2.73. The molecule has 9 heteroatoms. The van der Waals surface area contributed by atoms with Crippen molar-refractivity contribution in [3.8, 4) is 0 Å². The van der Waals surface area contributed by atoms with Crippen LogP contribution in [0, 0.1) is 0 Å². The van der Waals surface area contributed by atoms with Gasteiger partial charge in [-0.25, -0.2) is 8.42 Å². The van der Waals surface area contributed by atoms with E-state index < -0.39 is 10.0 Å². The predicted octanol–water partition coefficient (Wildman–Crippen LogP) is 3.76. The van der Waals surface area contributed by atoms with E-state index in [1.165, 1.54) is 17.7 Å². The quantitative estimate of drug-likeness (QED) is 0.694. The maximum Gasteiger partial charge on any atom is 0.251 e. The molecule has 0 atom stereocenters. The molecule has 2 N–H and O–H groups in total. The van der Waals surface area contributed by atoms with Gasteiger partial charge in [0.05, 0.1) is 17.0 Å². The van der Waals surface area contributed by atoms with E-state index >= 15 is 0 Å². The number of halogens is 2. The van der Waals surface area contributed by atoms with Crippen molar-refractivity contribution in [3.05, 3.63) is 63.6 Å². The van der Waals surface area contributed by atoms with E-state index in [0.717, 1.165) is 43.8 Å². The van der Waals surface area contributed by atoms with Crippen molar-refractivity contribution in [2.45, 2.75) is 25.4 Å². The summed E-state index contributed by atoms with van der Waals surface area (Å²) in [7, 11) is -3.48. The third-order valence-corrected chi connectivity index (χ3v) is 5.94. The number of nitrogens with zero attached hydrogens (tertiary/aromatic N) is 1. The lowest BCUT2D eigenvalue weighted by atomic mass is 10.0. The van der Waals surface area contributed by atoms with Crippen molar-refractivity contribution in [3.63, 3.8) is 0 Å². The predicted molar refractivity (Wildman–Crippen MR) is 117 cm³/mol. The van der Waals surface area contributed by atoms with Gasteiger partial charge >= 0.3 is 0 Å². The normalized spacial score (nSPS) is 15.8. The average Bonchev–Trinajstić information content (AvgIpc) is 2.66. The third-order valence-electron chi connectivity index (χ3n) is 4.77. The van der Waals surface area contributed by atoms with E-state index in [4.69, 9.17) is 23.2 Å². The average molecular weight is 456 g/mol. The Labute approximate surface area is 181 Å². The molecule has 0 bridgehead atoms. The molecule has 1 heterocycles. The minimum absolute atomic E-state index is 0.0750. The fourth-order valence-electron chi connectivity index (χ4n) is 3.30. The van der Waals surface area contributed by atoms with Crippen LogP contribution in [-0.4, -0.2) is 44.6 Å². The van der Waals surface area contributed by atoms with Crippen LogP contribution in [0.4, 0.5) is 5.69 Å². The Balaban J connectivity index is 1.54. The molecule has 1 aliphatic rings. The Morgan fingerprint density at radius 3 is 2.38 bits per heavy atom. The number of nitrogens with one attached hydrogen (secondary N) is 2. The molecule has 0 saturated carbocycles. The lowest BCUT2D eigenvalue weighted by molar-refractivity contribution is 0.0909. The summed E-state index contributed by atoms with van der Waals surface area (Å²) >= 11 is 11.9. The molecule has 0 radical (unpaired) electrons. The minimum Gasteiger partial charge on any atom is -0.349 e. The van der Waals surface area contributed by atoms with Gasteiger partial charge in [-0.3, -0.25) is 14.4 Å². The Kier molecular flexibility index (Phi) is 7.05. The minimum atomic E-state index is -3.48. The summed E-state index contributed by atoms with van der Waals surface area (Å²) in [6, 6.07) is 12.5. The second kappa shape index (κ2) is 9.34. The highest BCUT2D eigenvalue weighted by molar-refractivity contribution is 7.92. The van der Waals surface area contributed by atoms with Crippen LogP contribution in [0.25, 0.3) is 0 Å². The van der Waals surface area contributed by atoms with Gasteiger partial charge in [0.2, 0.25) is 10.0 Å². The summed E-state index contributed by atoms with van der Waals surface area (Å²) in [5.74, 6) is -0.241. The maximum atomic E-state index is 12.6. The molecule has 3 rings (SSSR count). The van der Waals surface area contributed by atoms with Crippen molar-refractivity contribution >= 4 is 44.8 Å². The molecule has 0 aromatic heterocycles. The van der Waals surface area contributed by atoms with Crippen LogP contribution in [0.3, 0.4) is 0 Å². The SMILES string of the molecule is CS(=O)(=O)Nc1cc(C(=O)NC2CCN(Cc3ccc(Cl)cc3)CC2)ccc1Cl. The van der Waals surface area contributed by atoms with Crippen LogP contribution in [-0.2, 0) is 16.6 Å². The number of sulfonamides is 1. The Bertz CT molecular complexity index is 973. The molecule has 1 saturated heterocycles. The molecule has 1 fully saturated rings. The molecule has 2 aromatic rings. The number of amides is 1. The van der Waals surface area contributed by atoms with Gasteiger partial charge in [-0.05, 0) is 48.7 Å². The molecule has 0 unspecified atom stereocenters. The van der Waals surface area contributed by atoms with Crippen LogP contribution in [0.1, 0.15) is 28.8 Å². The Morgan fingerprint density at radius 1 is 1.10 bits per heavy atom. The number of piperidine rings is 1. The van der Waals surface area contributed by atoms with Crippen LogP contribution in [0.15, 0.2) is 42.5 Å². The number of hydrogen-bond donors (Lipinski definition) is 2. The van der Waals surface area contributed by atoms with Crippen molar-refractivity contribution < 1.29 is 13.2 Å². The zero-order valence-corrected chi connectivity index (χ0v) is 18.3. The topological polar surface area (TPSA) is 78.5 Å². The zero-order valence-electron chi connectivity index (χ0n) is 16.0. The molecule has 156 valence electrons. The molecule has 2 aromatic carbocycles. The van der Waals surface area contributed by atoms with Gasteiger partial charge in [0.15, 0.2) is 0 Å². The van der Waals surface area contributed by atoms with Gasteiger partial charge in [-0.15, -0.1) is 0 Å². The molecular formula is C20H23Cl2N3O3S. The second-order valence-electron chi connectivity index (χ2n) is 7.22. The molecule has 1 amide bonds. The maximum absolute atomic E-state index is 12.6. The van der Waals surface area contributed by atoms with Gasteiger partial charge in [0.1, 0.15) is 0 Å². The van der Waals surface area contributed by atoms with E-state index in [0.29, 0.717) is 5.56 Å². The first-order valence-corrected chi connectivity index (χ1v) is 11.9. The summed E-state index contributed by atoms with van der Waals surface area (Å²) in [4.78, 5) is 14.9. The summed E-state index contributed by atoms with van der Waals surface area (Å²) < 4.78 is 25.2. The largest absolute Gasteiger partial charge is 0.349 e. The summed E-state index contributed by atoms with van der Waals surface area (Å²) in [6.45, 7) is 2.62. The third kappa shape index (κ3) is 6.60. The van der Waals surface area contributed by atoms with E-state index in [1.807, 2.05) is 24.3 Å². The Hall–Kier alpha value is -1.80. The van der Waals surface area contributed by atoms with Gasteiger partial charge < -0.3 is 5.32 Å². The van der Waals surface area contributed by atoms with E-state index in [2.05, 4.69) is 14.9 Å². The number of carbonyl (C=O) groups excluding carboxylic acids is 1. The summed E-state index contributed by atoms with van der Waals surface area (Å²) in [5, 5.41) is 4.00. The molecule has 6 nitrogen and oxygen atoms in total. The highest BCUT2D eigenvalue weighted by Gasteiger charge is 2.22. The van der Waals surface area contributed by atoms with Crippen LogP contribution in [0.5, 0.6) is 0 Å². The molecule has 29 heavy (non-hydrogen) atoms. The highest BCUT2D eigenvalue weighted by Crippen LogP contribution is 2.24. The van der Waals surface area contributed by atoms with Gasteiger partial charge in [-0.1, -0.05) is 35.3 Å². The van der Waals surface area contributed by atoms with E-state index in [9.17, 15) is 13.2 Å². The van der Waals surface area contributed by atoms with Crippen molar-refractivity contribution in [1.82, 2.24) is 10.2 Å². The number of anilines is 1. The second-order valence-corrected chi connectivity index (χ2v) is 9.81. The lowest BCUT2D eigenvalue weighted by Crippen LogP contribution is -2.44. The number of carbonyl (C=O) groups is 1. The van der Waals surface area contributed by atoms with Crippen LogP contribution < -0.4 is 10.0 Å².